The normalized spacial score (nSPS) is 16.1. The second-order valence-corrected chi connectivity index (χ2v) is 6.53. The van der Waals surface area contributed by atoms with Gasteiger partial charge in [0.25, 0.3) is 5.91 Å². The molecule has 1 aliphatic carbocycles. The third kappa shape index (κ3) is 3.39. The van der Waals surface area contributed by atoms with Gasteiger partial charge in [-0.1, -0.05) is 12.8 Å². The largest absolute Gasteiger partial charge is 0.363 e. The first-order chi connectivity index (χ1) is 11.6. The number of hydrogen-bond donors (Lipinski definition) is 1. The van der Waals surface area contributed by atoms with Crippen molar-refractivity contribution in [1.82, 2.24) is 25.1 Å². The van der Waals surface area contributed by atoms with Crippen LogP contribution in [-0.4, -0.2) is 39.8 Å². The second-order valence-electron chi connectivity index (χ2n) is 6.53. The third-order valence-electron chi connectivity index (χ3n) is 4.52. The minimum atomic E-state index is -0.200. The molecule has 1 atom stereocenters. The van der Waals surface area contributed by atoms with Crippen LogP contribution >= 0.6 is 0 Å². The molecule has 0 bridgehead atoms. The highest BCUT2D eigenvalue weighted by molar-refractivity contribution is 5.94. The quantitative estimate of drug-likeness (QED) is 0.912. The van der Waals surface area contributed by atoms with E-state index in [1.165, 1.54) is 12.8 Å². The van der Waals surface area contributed by atoms with E-state index in [4.69, 9.17) is 0 Å². The molecule has 1 saturated carbocycles. The van der Waals surface area contributed by atoms with Crippen LogP contribution in [0.3, 0.4) is 0 Å². The lowest BCUT2D eigenvalue weighted by Crippen LogP contribution is -2.29. The average molecular weight is 328 g/mol. The number of carbonyl (C=O) groups excluding carboxylic acids is 1. The van der Waals surface area contributed by atoms with Gasteiger partial charge >= 0.3 is 0 Å². The summed E-state index contributed by atoms with van der Waals surface area (Å²) in [6.45, 7) is 1.94. The van der Waals surface area contributed by atoms with Crippen LogP contribution < -0.4 is 10.2 Å². The van der Waals surface area contributed by atoms with E-state index in [2.05, 4.69) is 25.1 Å². The zero-order valence-corrected chi connectivity index (χ0v) is 14.4. The van der Waals surface area contributed by atoms with Gasteiger partial charge in [0.2, 0.25) is 0 Å². The van der Waals surface area contributed by atoms with Crippen LogP contribution in [0.15, 0.2) is 24.7 Å². The summed E-state index contributed by atoms with van der Waals surface area (Å²) < 4.78 is 2.12. The van der Waals surface area contributed by atoms with Crippen molar-refractivity contribution < 1.29 is 4.79 Å². The van der Waals surface area contributed by atoms with E-state index in [0.29, 0.717) is 11.6 Å². The van der Waals surface area contributed by atoms with Gasteiger partial charge in [-0.3, -0.25) is 4.79 Å². The molecule has 7 heteroatoms. The summed E-state index contributed by atoms with van der Waals surface area (Å²) in [5, 5.41) is 11.3. The number of carbonyl (C=O) groups is 1. The van der Waals surface area contributed by atoms with E-state index >= 15 is 0 Å². The molecule has 0 unspecified atom stereocenters. The first kappa shape index (κ1) is 16.4. The molecule has 0 radical (unpaired) electrons. The molecule has 0 aliphatic heterocycles. The van der Waals surface area contributed by atoms with E-state index in [0.717, 1.165) is 24.5 Å². The van der Waals surface area contributed by atoms with E-state index in [1.807, 2.05) is 32.0 Å². The molecule has 2 aromatic heterocycles. The predicted molar refractivity (Wildman–Crippen MR) is 92.0 cm³/mol. The summed E-state index contributed by atoms with van der Waals surface area (Å²) in [5.41, 5.74) is 0.541. The van der Waals surface area contributed by atoms with Gasteiger partial charge in [0.15, 0.2) is 5.82 Å². The molecule has 0 spiro atoms. The molecule has 1 aliphatic rings. The van der Waals surface area contributed by atoms with Gasteiger partial charge in [0.05, 0.1) is 11.6 Å². The topological polar surface area (TPSA) is 75.9 Å². The molecule has 1 amide bonds. The van der Waals surface area contributed by atoms with Crippen molar-refractivity contribution in [3.8, 4) is 0 Å². The predicted octanol–water partition coefficient (Wildman–Crippen LogP) is 2.35. The van der Waals surface area contributed by atoms with Gasteiger partial charge in [-0.2, -0.15) is 0 Å². The Labute approximate surface area is 142 Å². The lowest BCUT2D eigenvalue weighted by Gasteiger charge is -2.19. The van der Waals surface area contributed by atoms with Gasteiger partial charge in [-0.15, -0.1) is 10.2 Å². The Hall–Kier alpha value is -2.44. The van der Waals surface area contributed by atoms with Gasteiger partial charge in [0.1, 0.15) is 12.1 Å². The fraction of sp³-hybridized carbons (Fsp3) is 0.529. The van der Waals surface area contributed by atoms with Gasteiger partial charge in [-0.05, 0) is 31.9 Å². The number of rotatable bonds is 5. The Bertz CT molecular complexity index is 687. The maximum Gasteiger partial charge on any atom is 0.253 e. The molecule has 2 aromatic rings. The summed E-state index contributed by atoms with van der Waals surface area (Å²) in [6, 6.07) is 3.87. The number of hydrogen-bond acceptors (Lipinski definition) is 5. The molecular weight excluding hydrogens is 304 g/mol. The first-order valence-corrected chi connectivity index (χ1v) is 8.40. The van der Waals surface area contributed by atoms with Crippen molar-refractivity contribution in [2.24, 2.45) is 0 Å². The molecular formula is C17H24N6O. The molecule has 0 saturated heterocycles. The van der Waals surface area contributed by atoms with Crippen LogP contribution in [0.25, 0.3) is 0 Å². The highest BCUT2D eigenvalue weighted by atomic mass is 16.1. The smallest absolute Gasteiger partial charge is 0.253 e. The van der Waals surface area contributed by atoms with E-state index in [1.54, 1.807) is 18.6 Å². The van der Waals surface area contributed by atoms with Crippen LogP contribution in [0, 0.1) is 0 Å². The number of amides is 1. The minimum absolute atomic E-state index is 0.152. The molecule has 0 aromatic carbocycles. The zero-order chi connectivity index (χ0) is 17.1. The van der Waals surface area contributed by atoms with Gasteiger partial charge in [0, 0.05) is 26.3 Å². The van der Waals surface area contributed by atoms with E-state index in [-0.39, 0.29) is 11.9 Å². The van der Waals surface area contributed by atoms with Crippen molar-refractivity contribution in [1.29, 1.82) is 0 Å². The Balaban J connectivity index is 1.69. The Morgan fingerprint density at radius 1 is 1.33 bits per heavy atom. The van der Waals surface area contributed by atoms with Gasteiger partial charge < -0.3 is 14.8 Å². The lowest BCUT2D eigenvalue weighted by atomic mass is 10.2. The zero-order valence-electron chi connectivity index (χ0n) is 14.4. The second kappa shape index (κ2) is 6.98. The van der Waals surface area contributed by atoms with Crippen molar-refractivity contribution in [3.63, 3.8) is 0 Å². The van der Waals surface area contributed by atoms with Crippen LogP contribution in [0.1, 0.15) is 60.9 Å². The summed E-state index contributed by atoms with van der Waals surface area (Å²) >= 11 is 0. The number of anilines is 1. The van der Waals surface area contributed by atoms with E-state index < -0.39 is 0 Å². The molecule has 2 heterocycles. The Morgan fingerprint density at radius 3 is 2.71 bits per heavy atom. The maximum absolute atomic E-state index is 12.4. The van der Waals surface area contributed by atoms with Crippen LogP contribution in [0.2, 0.25) is 0 Å². The Morgan fingerprint density at radius 2 is 2.08 bits per heavy atom. The highest BCUT2D eigenvalue weighted by Crippen LogP contribution is 2.31. The van der Waals surface area contributed by atoms with Crippen molar-refractivity contribution >= 4 is 11.7 Å². The summed E-state index contributed by atoms with van der Waals surface area (Å²) in [7, 11) is 3.83. The first-order valence-electron chi connectivity index (χ1n) is 8.40. The molecule has 1 fully saturated rings. The fourth-order valence-corrected chi connectivity index (χ4v) is 3.15. The summed E-state index contributed by atoms with van der Waals surface area (Å²) in [4.78, 5) is 18.6. The Kier molecular flexibility index (Phi) is 4.78. The van der Waals surface area contributed by atoms with Crippen LogP contribution in [-0.2, 0) is 0 Å². The highest BCUT2D eigenvalue weighted by Gasteiger charge is 2.23. The van der Waals surface area contributed by atoms with Crippen LogP contribution in [0.5, 0.6) is 0 Å². The van der Waals surface area contributed by atoms with Crippen molar-refractivity contribution in [3.05, 3.63) is 36.0 Å². The third-order valence-corrected chi connectivity index (χ3v) is 4.52. The maximum atomic E-state index is 12.4. The fourth-order valence-electron chi connectivity index (χ4n) is 3.15. The summed E-state index contributed by atoms with van der Waals surface area (Å²) in [5.74, 6) is 1.48. The average Bonchev–Trinajstić information content (AvgIpc) is 3.25. The number of aromatic nitrogens is 4. The van der Waals surface area contributed by atoms with Gasteiger partial charge in [-0.25, -0.2) is 4.98 Å². The van der Waals surface area contributed by atoms with Crippen molar-refractivity contribution in [2.45, 2.75) is 44.7 Å². The molecule has 24 heavy (non-hydrogen) atoms. The monoisotopic (exact) mass is 328 g/mol. The molecule has 3 rings (SSSR count). The molecule has 7 nitrogen and oxygen atoms in total. The van der Waals surface area contributed by atoms with Crippen molar-refractivity contribution in [2.75, 3.05) is 19.0 Å². The number of pyridine rings is 1. The number of nitrogens with one attached hydrogen (secondary N) is 1. The summed E-state index contributed by atoms with van der Waals surface area (Å²) in [6.07, 6.45) is 8.17. The standard InChI is InChI=1S/C17H24N6O/c1-12(16-21-19-11-23(16)14-6-4-5-7-14)20-17(24)13-8-9-15(18-10-13)22(2)3/h8-12,14H,4-7H2,1-3H3,(H,20,24)/t12-/m0/s1. The SMILES string of the molecule is C[C@H](NC(=O)c1ccc(N(C)C)nc1)c1nncn1C1CCCC1. The molecule has 1 N–H and O–H groups in total. The number of nitrogens with zero attached hydrogens (tertiary/aromatic N) is 5. The van der Waals surface area contributed by atoms with Crippen LogP contribution in [0.4, 0.5) is 5.82 Å². The van der Waals surface area contributed by atoms with E-state index in [9.17, 15) is 4.79 Å². The lowest BCUT2D eigenvalue weighted by molar-refractivity contribution is 0.0937. The minimum Gasteiger partial charge on any atom is -0.363 e. The molecule has 128 valence electrons.